The Labute approximate surface area is 135 Å². The van der Waals surface area contributed by atoms with Crippen LogP contribution >= 0.6 is 23.2 Å². The second-order valence-corrected chi connectivity index (χ2v) is 5.78. The van der Waals surface area contributed by atoms with Gasteiger partial charge in [0, 0.05) is 6.04 Å². The highest BCUT2D eigenvalue weighted by molar-refractivity contribution is 6.30. The third-order valence-electron chi connectivity index (χ3n) is 3.53. The number of nitrogens with one attached hydrogen (secondary N) is 2. The lowest BCUT2D eigenvalue weighted by Crippen LogP contribution is -2.38. The standard InChI is InChI=1S/C13H13Cl2FN4O2/c14-10-8(16)9-7(11(21)20-13(15)18-9)12(19-10)22-5-6-3-1-2-4-17-6/h6,17H,1-5H2,(H,18,20,21)/t6-/m1/s1. The van der Waals surface area contributed by atoms with Crippen molar-refractivity contribution in [1.29, 1.82) is 0 Å². The lowest BCUT2D eigenvalue weighted by molar-refractivity contribution is 0.234. The zero-order valence-corrected chi connectivity index (χ0v) is 13.0. The summed E-state index contributed by atoms with van der Waals surface area (Å²) in [6.07, 6.45) is 3.20. The van der Waals surface area contributed by atoms with Crippen LogP contribution in [0, 0.1) is 5.82 Å². The van der Waals surface area contributed by atoms with Crippen LogP contribution in [0.3, 0.4) is 0 Å². The van der Waals surface area contributed by atoms with Crippen molar-refractivity contribution in [2.24, 2.45) is 0 Å². The third-order valence-corrected chi connectivity index (χ3v) is 3.96. The van der Waals surface area contributed by atoms with E-state index in [0.717, 1.165) is 25.8 Å². The molecular weight excluding hydrogens is 334 g/mol. The molecule has 0 radical (unpaired) electrons. The van der Waals surface area contributed by atoms with Crippen molar-refractivity contribution in [3.05, 3.63) is 26.6 Å². The van der Waals surface area contributed by atoms with Gasteiger partial charge in [-0.2, -0.15) is 4.98 Å². The van der Waals surface area contributed by atoms with E-state index in [-0.39, 0.29) is 28.1 Å². The molecule has 0 unspecified atom stereocenters. The largest absolute Gasteiger partial charge is 0.475 e. The molecule has 2 aromatic rings. The Balaban J connectivity index is 1.98. The number of ether oxygens (including phenoxy) is 1. The Morgan fingerprint density at radius 1 is 1.32 bits per heavy atom. The second kappa shape index (κ2) is 6.36. The van der Waals surface area contributed by atoms with Crippen molar-refractivity contribution in [2.45, 2.75) is 25.3 Å². The monoisotopic (exact) mass is 346 g/mol. The first-order valence-electron chi connectivity index (χ1n) is 6.87. The van der Waals surface area contributed by atoms with Gasteiger partial charge in [0.25, 0.3) is 5.56 Å². The van der Waals surface area contributed by atoms with Gasteiger partial charge in [-0.05, 0) is 31.0 Å². The van der Waals surface area contributed by atoms with Gasteiger partial charge in [-0.15, -0.1) is 0 Å². The van der Waals surface area contributed by atoms with Crippen LogP contribution in [0.2, 0.25) is 10.4 Å². The van der Waals surface area contributed by atoms with Crippen LogP contribution in [-0.4, -0.2) is 34.1 Å². The van der Waals surface area contributed by atoms with Gasteiger partial charge in [0.2, 0.25) is 11.2 Å². The number of hydrogen-bond donors (Lipinski definition) is 2. The fourth-order valence-electron chi connectivity index (χ4n) is 2.45. The van der Waals surface area contributed by atoms with Gasteiger partial charge in [0.15, 0.2) is 11.0 Å². The average molecular weight is 347 g/mol. The van der Waals surface area contributed by atoms with Crippen molar-refractivity contribution in [3.8, 4) is 5.88 Å². The fourth-order valence-corrected chi connectivity index (χ4v) is 2.78. The van der Waals surface area contributed by atoms with E-state index in [1.54, 1.807) is 0 Å². The van der Waals surface area contributed by atoms with E-state index in [1.165, 1.54) is 0 Å². The molecule has 1 fully saturated rings. The van der Waals surface area contributed by atoms with Crippen LogP contribution in [0.5, 0.6) is 5.88 Å². The van der Waals surface area contributed by atoms with E-state index in [0.29, 0.717) is 6.61 Å². The average Bonchev–Trinajstić information content (AvgIpc) is 2.50. The van der Waals surface area contributed by atoms with Gasteiger partial charge in [-0.25, -0.2) is 9.37 Å². The molecule has 0 aromatic carbocycles. The quantitative estimate of drug-likeness (QED) is 0.658. The smallest absolute Gasteiger partial charge is 0.265 e. The normalized spacial score (nSPS) is 18.6. The lowest BCUT2D eigenvalue weighted by atomic mass is 10.1. The van der Waals surface area contributed by atoms with Crippen LogP contribution in [0.25, 0.3) is 10.9 Å². The molecule has 3 rings (SSSR count). The van der Waals surface area contributed by atoms with E-state index in [2.05, 4.69) is 20.3 Å². The van der Waals surface area contributed by atoms with Gasteiger partial charge in [0.1, 0.15) is 17.5 Å². The lowest BCUT2D eigenvalue weighted by Gasteiger charge is -2.23. The zero-order valence-electron chi connectivity index (χ0n) is 11.5. The molecule has 2 aromatic heterocycles. The molecule has 118 valence electrons. The molecule has 1 aliphatic heterocycles. The molecule has 0 bridgehead atoms. The zero-order chi connectivity index (χ0) is 15.7. The summed E-state index contributed by atoms with van der Waals surface area (Å²) in [5, 5.41) is 2.58. The highest BCUT2D eigenvalue weighted by Crippen LogP contribution is 2.27. The molecule has 3 heterocycles. The Morgan fingerprint density at radius 3 is 2.86 bits per heavy atom. The number of fused-ring (bicyclic) bond motifs is 1. The van der Waals surface area contributed by atoms with Gasteiger partial charge in [0.05, 0.1) is 0 Å². The predicted molar refractivity (Wildman–Crippen MR) is 81.3 cm³/mol. The SMILES string of the molecule is O=c1[nH]c(Cl)nc2c(F)c(Cl)nc(OC[C@H]3CCCCN3)c12. The van der Waals surface area contributed by atoms with Gasteiger partial charge >= 0.3 is 0 Å². The molecule has 1 saturated heterocycles. The summed E-state index contributed by atoms with van der Waals surface area (Å²) in [5.41, 5.74) is -0.870. The summed E-state index contributed by atoms with van der Waals surface area (Å²) >= 11 is 11.4. The molecule has 1 atom stereocenters. The molecule has 1 aliphatic rings. The molecule has 0 aliphatic carbocycles. The number of rotatable bonds is 3. The Kier molecular flexibility index (Phi) is 4.46. The number of nitrogens with zero attached hydrogens (tertiary/aromatic N) is 2. The highest BCUT2D eigenvalue weighted by Gasteiger charge is 2.20. The van der Waals surface area contributed by atoms with E-state index < -0.39 is 16.5 Å². The number of hydrogen-bond acceptors (Lipinski definition) is 5. The summed E-state index contributed by atoms with van der Waals surface area (Å²) in [7, 11) is 0. The minimum Gasteiger partial charge on any atom is -0.475 e. The molecular formula is C13H13Cl2FN4O2. The van der Waals surface area contributed by atoms with Crippen LogP contribution in [-0.2, 0) is 0 Å². The van der Waals surface area contributed by atoms with Crippen LogP contribution in [0.1, 0.15) is 19.3 Å². The summed E-state index contributed by atoms with van der Waals surface area (Å²) in [4.78, 5) is 21.9. The maximum absolute atomic E-state index is 14.0. The molecule has 0 saturated carbocycles. The van der Waals surface area contributed by atoms with Crippen LogP contribution in [0.4, 0.5) is 4.39 Å². The molecule has 9 heteroatoms. The van der Waals surface area contributed by atoms with E-state index in [4.69, 9.17) is 27.9 Å². The van der Waals surface area contributed by atoms with Crippen LogP contribution < -0.4 is 15.6 Å². The summed E-state index contributed by atoms with van der Waals surface area (Å²) < 4.78 is 19.6. The topological polar surface area (TPSA) is 79.9 Å². The third kappa shape index (κ3) is 3.02. The van der Waals surface area contributed by atoms with Gasteiger partial charge in [-0.3, -0.25) is 9.78 Å². The minimum atomic E-state index is -0.896. The number of pyridine rings is 1. The molecule has 0 spiro atoms. The molecule has 2 N–H and O–H groups in total. The van der Waals surface area contributed by atoms with E-state index >= 15 is 0 Å². The Morgan fingerprint density at radius 2 is 2.14 bits per heavy atom. The first-order chi connectivity index (χ1) is 10.6. The van der Waals surface area contributed by atoms with E-state index in [1.807, 2.05) is 0 Å². The van der Waals surface area contributed by atoms with E-state index in [9.17, 15) is 9.18 Å². The van der Waals surface area contributed by atoms with Crippen molar-refractivity contribution < 1.29 is 9.13 Å². The summed E-state index contributed by atoms with van der Waals surface area (Å²) in [5.74, 6) is -0.938. The van der Waals surface area contributed by atoms with Crippen molar-refractivity contribution >= 4 is 34.1 Å². The maximum atomic E-state index is 14.0. The number of aromatic amines is 1. The summed E-state index contributed by atoms with van der Waals surface area (Å²) in [6.45, 7) is 1.23. The predicted octanol–water partition coefficient (Wildman–Crippen LogP) is 2.28. The second-order valence-electron chi connectivity index (χ2n) is 5.06. The number of H-pyrrole nitrogens is 1. The summed E-state index contributed by atoms with van der Waals surface area (Å²) in [6, 6.07) is 0.161. The first-order valence-corrected chi connectivity index (χ1v) is 7.62. The first kappa shape index (κ1) is 15.5. The maximum Gasteiger partial charge on any atom is 0.265 e. The van der Waals surface area contributed by atoms with Crippen molar-refractivity contribution in [1.82, 2.24) is 20.3 Å². The fraction of sp³-hybridized carbons (Fsp3) is 0.462. The van der Waals surface area contributed by atoms with Crippen molar-refractivity contribution in [3.63, 3.8) is 0 Å². The molecule has 6 nitrogen and oxygen atoms in total. The number of halogens is 3. The molecule has 22 heavy (non-hydrogen) atoms. The van der Waals surface area contributed by atoms with Gasteiger partial charge < -0.3 is 10.1 Å². The Bertz CT molecular complexity index is 762. The molecule has 0 amide bonds. The highest BCUT2D eigenvalue weighted by atomic mass is 35.5. The van der Waals surface area contributed by atoms with Crippen LogP contribution in [0.15, 0.2) is 4.79 Å². The minimum absolute atomic E-state index is 0.0424. The number of aromatic nitrogens is 3. The number of piperidine rings is 1. The Hall–Kier alpha value is -1.44. The van der Waals surface area contributed by atoms with Crippen molar-refractivity contribution in [2.75, 3.05) is 13.2 Å². The van der Waals surface area contributed by atoms with Gasteiger partial charge in [-0.1, -0.05) is 18.0 Å².